The third kappa shape index (κ3) is 20.3. The number of esters is 2. The number of amides is 1. The fourth-order valence-corrected chi connectivity index (χ4v) is 2.98. The van der Waals surface area contributed by atoms with Gasteiger partial charge in [-0.05, 0) is 25.7 Å². The van der Waals surface area contributed by atoms with E-state index in [0.29, 0.717) is 6.42 Å². The number of carbonyl (C=O) groups is 3. The first-order valence-electron chi connectivity index (χ1n) is 13.0. The van der Waals surface area contributed by atoms with Crippen molar-refractivity contribution in [1.82, 2.24) is 10.6 Å². The third-order valence-electron chi connectivity index (χ3n) is 5.25. The molecule has 0 spiro atoms. The van der Waals surface area contributed by atoms with Crippen LogP contribution in [-0.2, 0) is 23.9 Å². The molecule has 1 unspecified atom stereocenters. The van der Waals surface area contributed by atoms with E-state index in [0.717, 1.165) is 12.8 Å². The fourth-order valence-electron chi connectivity index (χ4n) is 2.98. The highest BCUT2D eigenvalue weighted by molar-refractivity contribution is 5.85. The molecule has 0 heterocycles. The number of aliphatic hydroxyl groups excluding tert-OH is 2. The maximum Gasteiger partial charge on any atom is 0.325 e. The largest absolute Gasteiger partial charge is 0.469 e. The second kappa shape index (κ2) is 23.8. The summed E-state index contributed by atoms with van der Waals surface area (Å²) in [4.78, 5) is 34.7. The van der Waals surface area contributed by atoms with Crippen LogP contribution in [0.3, 0.4) is 0 Å². The van der Waals surface area contributed by atoms with Crippen LogP contribution in [0.25, 0.3) is 0 Å². The lowest BCUT2D eigenvalue weighted by Gasteiger charge is -2.23. The van der Waals surface area contributed by atoms with Gasteiger partial charge in [-0.1, -0.05) is 79.8 Å². The van der Waals surface area contributed by atoms with Gasteiger partial charge in [-0.15, -0.1) is 0 Å². The first-order valence-corrected chi connectivity index (χ1v) is 13.0. The second-order valence-electron chi connectivity index (χ2n) is 8.45. The van der Waals surface area contributed by atoms with Crippen LogP contribution < -0.4 is 16.4 Å². The van der Waals surface area contributed by atoms with Gasteiger partial charge in [0.2, 0.25) is 5.91 Å². The average molecular weight is 548 g/mol. The van der Waals surface area contributed by atoms with Crippen LogP contribution in [0.2, 0.25) is 0 Å². The first kappa shape index (κ1) is 35.7. The molecule has 0 aliphatic carbocycles. The monoisotopic (exact) mass is 547 g/mol. The van der Waals surface area contributed by atoms with Gasteiger partial charge in [-0.2, -0.15) is 0 Å². The molecule has 0 radical (unpaired) electrons. The smallest absolute Gasteiger partial charge is 0.325 e. The van der Waals surface area contributed by atoms with Gasteiger partial charge in [0.1, 0.15) is 6.54 Å². The summed E-state index contributed by atoms with van der Waals surface area (Å²) in [5.74, 6) is -1.58. The predicted molar refractivity (Wildman–Crippen MR) is 152 cm³/mol. The normalized spacial score (nSPS) is 15.5. The number of rotatable bonds is 20. The van der Waals surface area contributed by atoms with E-state index in [1.54, 1.807) is 24.3 Å². The van der Waals surface area contributed by atoms with Crippen LogP contribution in [0.1, 0.15) is 39.0 Å². The van der Waals surface area contributed by atoms with Gasteiger partial charge in [-0.25, -0.2) is 0 Å². The third-order valence-corrected chi connectivity index (χ3v) is 5.25. The molecular weight excluding hydrogens is 502 g/mol. The van der Waals surface area contributed by atoms with Crippen molar-refractivity contribution in [3.63, 3.8) is 0 Å². The van der Waals surface area contributed by atoms with Crippen LogP contribution in [0.4, 0.5) is 0 Å². The quantitative estimate of drug-likeness (QED) is 0.0869. The number of nitrogens with two attached hydrogens (primary N) is 1. The minimum absolute atomic E-state index is 0.0220. The van der Waals surface area contributed by atoms with Crippen LogP contribution >= 0.6 is 0 Å². The van der Waals surface area contributed by atoms with E-state index < -0.39 is 42.1 Å². The van der Waals surface area contributed by atoms with E-state index in [1.807, 2.05) is 48.6 Å². The van der Waals surface area contributed by atoms with Crippen LogP contribution in [-0.4, -0.2) is 79.7 Å². The Morgan fingerprint density at radius 3 is 2.18 bits per heavy atom. The Morgan fingerprint density at radius 1 is 0.872 bits per heavy atom. The molecule has 6 N–H and O–H groups in total. The summed E-state index contributed by atoms with van der Waals surface area (Å²) in [6.45, 7) is 1.78. The number of hydrogen-bond donors (Lipinski definition) is 5. The molecule has 0 bridgehead atoms. The number of ether oxygens (including phenoxy) is 2. The number of aliphatic hydroxyl groups is 2. The van der Waals surface area contributed by atoms with E-state index in [9.17, 15) is 24.6 Å². The van der Waals surface area contributed by atoms with E-state index in [2.05, 4.69) is 27.0 Å². The molecule has 0 saturated heterocycles. The van der Waals surface area contributed by atoms with Crippen LogP contribution in [0, 0.1) is 0 Å². The van der Waals surface area contributed by atoms with Gasteiger partial charge in [0.05, 0.1) is 38.5 Å². The van der Waals surface area contributed by atoms with E-state index in [-0.39, 0.29) is 25.9 Å². The maximum absolute atomic E-state index is 12.1. The second-order valence-corrected chi connectivity index (χ2v) is 8.45. The highest BCUT2D eigenvalue weighted by Crippen LogP contribution is 2.06. The lowest BCUT2D eigenvalue weighted by Crippen LogP contribution is -2.51. The van der Waals surface area contributed by atoms with Crippen molar-refractivity contribution >= 4 is 17.8 Å². The number of hydrogen-bond acceptors (Lipinski definition) is 9. The number of carbonyl (C=O) groups excluding carboxylic acids is 3. The SMILES string of the molecule is CC/C=C\C[C@H](O)/C=C/C=C\C\C=C/C=C/C=C/C(NC[C@H](N)C(=O)NCC(=O)OC)[C@@H](O)CCC(=O)OC. The van der Waals surface area contributed by atoms with Gasteiger partial charge >= 0.3 is 11.9 Å². The summed E-state index contributed by atoms with van der Waals surface area (Å²) in [5, 5.41) is 25.7. The summed E-state index contributed by atoms with van der Waals surface area (Å²) >= 11 is 0. The molecular formula is C29H45N3O7. The summed E-state index contributed by atoms with van der Waals surface area (Å²) in [5.41, 5.74) is 5.88. The Kier molecular flexibility index (Phi) is 21.8. The Morgan fingerprint density at radius 2 is 1.51 bits per heavy atom. The molecule has 0 fully saturated rings. The van der Waals surface area contributed by atoms with Gasteiger partial charge in [0, 0.05) is 13.0 Å². The average Bonchev–Trinajstić information content (AvgIpc) is 2.94. The molecule has 0 aliphatic heterocycles. The highest BCUT2D eigenvalue weighted by Gasteiger charge is 2.21. The minimum atomic E-state index is -0.971. The number of nitrogens with one attached hydrogen (secondary N) is 2. The standard InChI is InChI=1S/C29H45N3O7/c1-4-5-13-16-23(33)17-14-11-9-7-6-8-10-12-15-18-25(26(34)19-20-27(35)38-2)31-21-24(30)29(37)32-22-28(36)39-3/h5-6,8-15,17-18,23-26,31,33-34H,4,7,16,19-22,30H2,1-3H3,(H,32,37)/b8-6-,11-9-,12-10+,13-5-,17-14+,18-15+/t23-,24-,25?,26-/m0/s1. The van der Waals surface area contributed by atoms with Crippen molar-refractivity contribution in [2.24, 2.45) is 5.73 Å². The maximum atomic E-state index is 12.1. The topological polar surface area (TPSA) is 160 Å². The van der Waals surface area contributed by atoms with E-state index in [4.69, 9.17) is 5.73 Å². The summed E-state index contributed by atoms with van der Waals surface area (Å²) < 4.78 is 9.09. The minimum Gasteiger partial charge on any atom is -0.469 e. The van der Waals surface area contributed by atoms with Crippen molar-refractivity contribution < 1.29 is 34.1 Å². The highest BCUT2D eigenvalue weighted by atomic mass is 16.5. The summed E-state index contributed by atoms with van der Waals surface area (Å²) in [6, 6.07) is -1.56. The van der Waals surface area contributed by atoms with Gasteiger partial charge < -0.3 is 36.1 Å². The van der Waals surface area contributed by atoms with Crippen LogP contribution in [0.5, 0.6) is 0 Å². The zero-order valence-electron chi connectivity index (χ0n) is 23.2. The Labute approximate surface area is 232 Å². The molecule has 39 heavy (non-hydrogen) atoms. The molecule has 0 rings (SSSR count). The molecule has 0 aliphatic rings. The molecule has 10 heteroatoms. The van der Waals surface area contributed by atoms with Gasteiger partial charge in [0.25, 0.3) is 0 Å². The summed E-state index contributed by atoms with van der Waals surface area (Å²) in [7, 11) is 2.49. The Balaban J connectivity index is 4.79. The fraction of sp³-hybridized carbons (Fsp3) is 0.483. The molecule has 1 amide bonds. The van der Waals surface area contributed by atoms with Crippen molar-refractivity contribution in [1.29, 1.82) is 0 Å². The van der Waals surface area contributed by atoms with Crippen molar-refractivity contribution in [3.05, 3.63) is 72.9 Å². The first-order chi connectivity index (χ1) is 18.7. The molecule has 10 nitrogen and oxygen atoms in total. The Hall–Kier alpha value is -3.31. The molecule has 4 atom stereocenters. The Bertz CT molecular complexity index is 878. The van der Waals surface area contributed by atoms with Gasteiger partial charge in [0.15, 0.2) is 0 Å². The van der Waals surface area contributed by atoms with Gasteiger partial charge in [-0.3, -0.25) is 14.4 Å². The van der Waals surface area contributed by atoms with Crippen molar-refractivity contribution in [3.8, 4) is 0 Å². The van der Waals surface area contributed by atoms with E-state index in [1.165, 1.54) is 14.2 Å². The van der Waals surface area contributed by atoms with E-state index >= 15 is 0 Å². The lowest BCUT2D eigenvalue weighted by atomic mass is 10.0. The lowest BCUT2D eigenvalue weighted by molar-refractivity contribution is -0.141. The van der Waals surface area contributed by atoms with Crippen LogP contribution in [0.15, 0.2) is 72.9 Å². The molecule has 0 saturated carbocycles. The zero-order valence-corrected chi connectivity index (χ0v) is 23.2. The molecule has 0 aromatic rings. The number of methoxy groups -OCH3 is 2. The predicted octanol–water partition coefficient (Wildman–Crippen LogP) is 1.76. The van der Waals surface area contributed by atoms with Crippen molar-refractivity contribution in [2.45, 2.75) is 63.3 Å². The molecule has 0 aromatic carbocycles. The molecule has 218 valence electrons. The summed E-state index contributed by atoms with van der Waals surface area (Å²) in [6.07, 6.45) is 23.3. The molecule has 0 aromatic heterocycles. The van der Waals surface area contributed by atoms with Crippen molar-refractivity contribution in [2.75, 3.05) is 27.3 Å². The number of allylic oxidation sites excluding steroid dienone is 9. The zero-order chi connectivity index (χ0) is 29.3.